The van der Waals surface area contributed by atoms with Gasteiger partial charge in [0.2, 0.25) is 5.91 Å². The lowest BCUT2D eigenvalue weighted by Crippen LogP contribution is -2.47. The van der Waals surface area contributed by atoms with Crippen molar-refractivity contribution in [1.29, 1.82) is 0 Å². The molecule has 0 spiro atoms. The van der Waals surface area contributed by atoms with Crippen LogP contribution in [0.1, 0.15) is 78.6 Å². The molecule has 0 unspecified atom stereocenters. The molecule has 1 saturated carbocycles. The Bertz CT molecular complexity index is 400. The van der Waals surface area contributed by atoms with E-state index in [9.17, 15) is 9.90 Å². The number of carbonyl (C=O) groups is 1. The lowest BCUT2D eigenvalue weighted by atomic mass is 9.93. The molecular formula is C19H38N4O2. The first-order chi connectivity index (χ1) is 12.0. The minimum atomic E-state index is -0.718. The summed E-state index contributed by atoms with van der Waals surface area (Å²) in [6.07, 6.45) is 9.23. The Morgan fingerprint density at radius 3 is 2.28 bits per heavy atom. The van der Waals surface area contributed by atoms with Gasteiger partial charge in [-0.15, -0.1) is 0 Å². The zero-order chi connectivity index (χ0) is 18.5. The highest BCUT2D eigenvalue weighted by atomic mass is 16.3. The first-order valence-electron chi connectivity index (χ1n) is 10.1. The molecule has 146 valence electrons. The van der Waals surface area contributed by atoms with Crippen LogP contribution in [0.25, 0.3) is 0 Å². The van der Waals surface area contributed by atoms with Crippen LogP contribution < -0.4 is 16.0 Å². The molecule has 0 saturated heterocycles. The Morgan fingerprint density at radius 1 is 1.08 bits per heavy atom. The molecule has 1 amide bonds. The Hall–Kier alpha value is -1.30. The van der Waals surface area contributed by atoms with Gasteiger partial charge in [0.25, 0.3) is 0 Å². The first-order valence-corrected chi connectivity index (χ1v) is 10.1. The molecule has 1 rings (SSSR count). The summed E-state index contributed by atoms with van der Waals surface area (Å²) >= 11 is 0. The zero-order valence-corrected chi connectivity index (χ0v) is 16.4. The molecular weight excluding hydrogens is 316 g/mol. The van der Waals surface area contributed by atoms with E-state index in [0.29, 0.717) is 18.5 Å². The molecule has 4 N–H and O–H groups in total. The predicted molar refractivity (Wildman–Crippen MR) is 104 cm³/mol. The van der Waals surface area contributed by atoms with Gasteiger partial charge >= 0.3 is 0 Å². The topological polar surface area (TPSA) is 85.8 Å². The van der Waals surface area contributed by atoms with Gasteiger partial charge in [0, 0.05) is 19.1 Å². The fraction of sp³-hybridized carbons (Fsp3) is 0.895. The Kier molecular flexibility index (Phi) is 10.5. The number of aliphatic imine (C=N–C) groups is 1. The molecule has 25 heavy (non-hydrogen) atoms. The predicted octanol–water partition coefficient (Wildman–Crippen LogP) is 2.32. The van der Waals surface area contributed by atoms with Crippen LogP contribution in [0, 0.1) is 0 Å². The van der Waals surface area contributed by atoms with E-state index < -0.39 is 5.60 Å². The second kappa shape index (κ2) is 12.1. The number of rotatable bonds is 10. The minimum absolute atomic E-state index is 0.0264. The van der Waals surface area contributed by atoms with Crippen molar-refractivity contribution in [2.24, 2.45) is 4.99 Å². The third-order valence-electron chi connectivity index (χ3n) is 4.71. The normalized spacial score (nSPS) is 16.6. The molecule has 0 heterocycles. The van der Waals surface area contributed by atoms with Crippen LogP contribution in [-0.4, -0.2) is 48.3 Å². The van der Waals surface area contributed by atoms with E-state index in [1.54, 1.807) is 0 Å². The van der Waals surface area contributed by atoms with Gasteiger partial charge < -0.3 is 21.1 Å². The summed E-state index contributed by atoms with van der Waals surface area (Å²) in [5.74, 6) is 0.563. The Morgan fingerprint density at radius 2 is 1.72 bits per heavy atom. The number of amides is 1. The smallest absolute Gasteiger partial charge is 0.242 e. The second-order valence-electron chi connectivity index (χ2n) is 7.18. The van der Waals surface area contributed by atoms with Crippen molar-refractivity contribution in [2.45, 2.75) is 90.2 Å². The van der Waals surface area contributed by atoms with Crippen molar-refractivity contribution in [2.75, 3.05) is 19.6 Å². The summed E-state index contributed by atoms with van der Waals surface area (Å²) in [4.78, 5) is 16.5. The molecule has 0 atom stereocenters. The molecule has 1 aliphatic rings. The van der Waals surface area contributed by atoms with Gasteiger partial charge in [-0.05, 0) is 32.6 Å². The van der Waals surface area contributed by atoms with Crippen LogP contribution >= 0.6 is 0 Å². The summed E-state index contributed by atoms with van der Waals surface area (Å²) in [6.45, 7) is 7.43. The van der Waals surface area contributed by atoms with Gasteiger partial charge in [0.1, 0.15) is 6.54 Å². The van der Waals surface area contributed by atoms with Gasteiger partial charge in [-0.2, -0.15) is 0 Å². The highest BCUT2D eigenvalue weighted by Crippen LogP contribution is 2.18. The molecule has 0 aromatic carbocycles. The SMILES string of the molecule is CCCC(O)(CCC)CNC(=NCC(=O)NC1CCCCC1)NCC. The molecule has 6 nitrogen and oxygen atoms in total. The van der Waals surface area contributed by atoms with E-state index in [-0.39, 0.29) is 12.5 Å². The second-order valence-corrected chi connectivity index (χ2v) is 7.18. The van der Waals surface area contributed by atoms with Crippen molar-refractivity contribution in [1.82, 2.24) is 16.0 Å². The van der Waals surface area contributed by atoms with Crippen LogP contribution in [-0.2, 0) is 4.79 Å². The van der Waals surface area contributed by atoms with Crippen molar-refractivity contribution >= 4 is 11.9 Å². The minimum Gasteiger partial charge on any atom is -0.388 e. The van der Waals surface area contributed by atoms with E-state index in [1.165, 1.54) is 19.3 Å². The largest absolute Gasteiger partial charge is 0.388 e. The van der Waals surface area contributed by atoms with E-state index in [1.807, 2.05) is 6.92 Å². The maximum Gasteiger partial charge on any atom is 0.242 e. The highest BCUT2D eigenvalue weighted by molar-refractivity contribution is 5.85. The van der Waals surface area contributed by atoms with Crippen LogP contribution in [0.2, 0.25) is 0 Å². The maximum absolute atomic E-state index is 12.1. The third-order valence-corrected chi connectivity index (χ3v) is 4.71. The Labute approximate surface area is 153 Å². The van der Waals surface area contributed by atoms with Crippen LogP contribution in [0.3, 0.4) is 0 Å². The summed E-state index contributed by atoms with van der Waals surface area (Å²) in [5.41, 5.74) is -0.718. The number of guanidine groups is 1. The van der Waals surface area contributed by atoms with E-state index in [4.69, 9.17) is 0 Å². The molecule has 0 radical (unpaired) electrons. The van der Waals surface area contributed by atoms with Crippen LogP contribution in [0.5, 0.6) is 0 Å². The van der Waals surface area contributed by atoms with Crippen LogP contribution in [0.15, 0.2) is 4.99 Å². The van der Waals surface area contributed by atoms with Crippen molar-refractivity contribution in [3.63, 3.8) is 0 Å². The fourth-order valence-electron chi connectivity index (χ4n) is 3.49. The summed E-state index contributed by atoms with van der Waals surface area (Å²) in [7, 11) is 0. The molecule has 0 bridgehead atoms. The molecule has 0 aromatic heterocycles. The summed E-state index contributed by atoms with van der Waals surface area (Å²) in [5, 5.41) is 20.1. The van der Waals surface area contributed by atoms with Gasteiger partial charge in [0.05, 0.1) is 5.60 Å². The lowest BCUT2D eigenvalue weighted by Gasteiger charge is -2.28. The molecule has 1 aliphatic carbocycles. The first kappa shape index (κ1) is 21.7. The monoisotopic (exact) mass is 354 g/mol. The number of aliphatic hydroxyl groups is 1. The lowest BCUT2D eigenvalue weighted by molar-refractivity contribution is -0.120. The van der Waals surface area contributed by atoms with Crippen LogP contribution in [0.4, 0.5) is 0 Å². The summed E-state index contributed by atoms with van der Waals surface area (Å²) in [6, 6.07) is 0.311. The standard InChI is InChI=1S/C19H38N4O2/c1-4-12-19(25,13-5-2)15-22-18(20-6-3)21-14-17(24)23-16-10-8-7-9-11-16/h16,25H,4-15H2,1-3H3,(H,23,24)(H2,20,21,22). The Balaban J connectivity index is 2.49. The fourth-order valence-corrected chi connectivity index (χ4v) is 3.49. The van der Waals surface area contributed by atoms with E-state index >= 15 is 0 Å². The highest BCUT2D eigenvalue weighted by Gasteiger charge is 2.25. The van der Waals surface area contributed by atoms with Gasteiger partial charge in [-0.1, -0.05) is 46.0 Å². The summed E-state index contributed by atoms with van der Waals surface area (Å²) < 4.78 is 0. The molecule has 0 aromatic rings. The van der Waals surface area contributed by atoms with Gasteiger partial charge in [-0.3, -0.25) is 4.79 Å². The molecule has 6 heteroatoms. The number of nitrogens with zero attached hydrogens (tertiary/aromatic N) is 1. The molecule has 1 fully saturated rings. The van der Waals surface area contributed by atoms with Crippen molar-refractivity contribution in [3.05, 3.63) is 0 Å². The average Bonchev–Trinajstić information content (AvgIpc) is 2.59. The number of hydrogen-bond acceptors (Lipinski definition) is 3. The maximum atomic E-state index is 12.1. The third kappa shape index (κ3) is 9.10. The molecule has 0 aliphatic heterocycles. The van der Waals surface area contributed by atoms with Crippen molar-refractivity contribution < 1.29 is 9.90 Å². The van der Waals surface area contributed by atoms with Gasteiger partial charge in [0.15, 0.2) is 5.96 Å². The zero-order valence-electron chi connectivity index (χ0n) is 16.4. The quantitative estimate of drug-likeness (QED) is 0.358. The average molecular weight is 355 g/mol. The van der Waals surface area contributed by atoms with Gasteiger partial charge in [-0.25, -0.2) is 4.99 Å². The number of hydrogen-bond donors (Lipinski definition) is 4. The van der Waals surface area contributed by atoms with Crippen molar-refractivity contribution in [3.8, 4) is 0 Å². The van der Waals surface area contributed by atoms with E-state index in [2.05, 4.69) is 34.8 Å². The van der Waals surface area contributed by atoms with E-state index in [0.717, 1.165) is 45.1 Å². The number of nitrogens with one attached hydrogen (secondary N) is 3. The number of carbonyl (C=O) groups excluding carboxylic acids is 1.